The van der Waals surface area contributed by atoms with Gasteiger partial charge in [0.15, 0.2) is 16.3 Å². The van der Waals surface area contributed by atoms with Crippen molar-refractivity contribution in [2.75, 3.05) is 20.5 Å². The SMILES string of the molecule is CCOC(=O)C1=C(c2ccccc2)N=c2s/c(=C/c3ccc(-c4ccccc4C(=O)OC)o3)c(=O)n2[C@@H]1c1ccc2c(c1)OCO2. The Bertz CT molecular complexity index is 2210. The lowest BCUT2D eigenvalue weighted by atomic mass is 9.93. The summed E-state index contributed by atoms with van der Waals surface area (Å²) in [5, 5.41) is 0. The van der Waals surface area contributed by atoms with E-state index in [0.717, 1.165) is 0 Å². The fourth-order valence-corrected chi connectivity index (χ4v) is 6.51. The summed E-state index contributed by atoms with van der Waals surface area (Å²) in [6.07, 6.45) is 1.63. The van der Waals surface area contributed by atoms with E-state index in [2.05, 4.69) is 0 Å². The van der Waals surface area contributed by atoms with E-state index in [1.54, 1.807) is 67.6 Å². The van der Waals surface area contributed by atoms with Crippen LogP contribution in [0.5, 0.6) is 11.5 Å². The van der Waals surface area contributed by atoms with Gasteiger partial charge in [-0.15, -0.1) is 0 Å². The van der Waals surface area contributed by atoms with Gasteiger partial charge in [0.2, 0.25) is 6.79 Å². The molecule has 230 valence electrons. The van der Waals surface area contributed by atoms with Gasteiger partial charge in [-0.05, 0) is 42.8 Å². The highest BCUT2D eigenvalue weighted by atomic mass is 32.1. The van der Waals surface area contributed by atoms with Crippen molar-refractivity contribution in [3.8, 4) is 22.8 Å². The standard InChI is InChI=1S/C35H26N2O8S/c1-3-42-34(40)29-30(20-9-5-4-6-10-20)36-35-37(31(29)21-13-15-26-27(17-21)44-19-43-26)32(38)28(46-35)18-22-14-16-25(45-22)23-11-7-8-12-24(23)33(39)41-2/h4-18,31H,3,19H2,1-2H3/b28-18+/t31-/m1/s1. The van der Waals surface area contributed by atoms with Crippen molar-refractivity contribution >= 4 is 35.0 Å². The number of hydrogen-bond donors (Lipinski definition) is 0. The Balaban J connectivity index is 1.41. The van der Waals surface area contributed by atoms with Gasteiger partial charge in [0.25, 0.3) is 5.56 Å². The number of carbonyl (C=O) groups is 2. The van der Waals surface area contributed by atoms with Crippen molar-refractivity contribution in [1.29, 1.82) is 0 Å². The molecule has 4 heterocycles. The molecule has 0 fully saturated rings. The number of aromatic nitrogens is 1. The summed E-state index contributed by atoms with van der Waals surface area (Å²) in [5.74, 6) is 0.848. The molecule has 0 spiro atoms. The molecule has 2 aromatic heterocycles. The fraction of sp³-hybridized carbons (Fsp3) is 0.143. The summed E-state index contributed by atoms with van der Waals surface area (Å²) < 4.78 is 29.5. The molecule has 0 bridgehead atoms. The lowest BCUT2D eigenvalue weighted by Gasteiger charge is -2.26. The van der Waals surface area contributed by atoms with Gasteiger partial charge in [-0.1, -0.05) is 65.9 Å². The molecule has 1 atom stereocenters. The van der Waals surface area contributed by atoms with Crippen molar-refractivity contribution in [3.63, 3.8) is 0 Å². The van der Waals surface area contributed by atoms with E-state index in [1.807, 2.05) is 30.3 Å². The second-order valence-corrected chi connectivity index (χ2v) is 11.3. The first-order chi connectivity index (χ1) is 22.5. The van der Waals surface area contributed by atoms with Gasteiger partial charge in [-0.2, -0.15) is 0 Å². The van der Waals surface area contributed by atoms with Crippen LogP contribution in [0.2, 0.25) is 0 Å². The van der Waals surface area contributed by atoms with Gasteiger partial charge in [0, 0.05) is 17.2 Å². The summed E-state index contributed by atoms with van der Waals surface area (Å²) in [6.45, 7) is 1.95. The van der Waals surface area contributed by atoms with E-state index in [0.29, 0.717) is 60.3 Å². The number of rotatable bonds is 7. The van der Waals surface area contributed by atoms with Crippen LogP contribution in [0.1, 0.15) is 40.2 Å². The molecule has 0 saturated heterocycles. The molecule has 0 saturated carbocycles. The molecule has 11 heteroatoms. The molecule has 5 aromatic rings. The maximum Gasteiger partial charge on any atom is 0.338 e. The highest BCUT2D eigenvalue weighted by molar-refractivity contribution is 7.07. The van der Waals surface area contributed by atoms with Crippen LogP contribution in [0.3, 0.4) is 0 Å². The second-order valence-electron chi connectivity index (χ2n) is 10.3. The minimum Gasteiger partial charge on any atom is -0.465 e. The Morgan fingerprint density at radius 2 is 1.76 bits per heavy atom. The molecule has 0 amide bonds. The number of methoxy groups -OCH3 is 1. The highest BCUT2D eigenvalue weighted by Crippen LogP contribution is 2.40. The predicted octanol–water partition coefficient (Wildman–Crippen LogP) is 4.71. The van der Waals surface area contributed by atoms with Crippen LogP contribution >= 0.6 is 11.3 Å². The van der Waals surface area contributed by atoms with Crippen LogP contribution in [-0.4, -0.2) is 37.0 Å². The van der Waals surface area contributed by atoms with Crippen LogP contribution < -0.4 is 24.4 Å². The van der Waals surface area contributed by atoms with Crippen molar-refractivity contribution in [3.05, 3.63) is 133 Å². The summed E-state index contributed by atoms with van der Waals surface area (Å²) in [4.78, 5) is 45.5. The Hall–Kier alpha value is -5.68. The van der Waals surface area contributed by atoms with Crippen LogP contribution in [-0.2, 0) is 14.3 Å². The monoisotopic (exact) mass is 634 g/mol. The van der Waals surface area contributed by atoms with E-state index < -0.39 is 18.0 Å². The first-order valence-electron chi connectivity index (χ1n) is 14.4. The number of furan rings is 1. The van der Waals surface area contributed by atoms with E-state index in [1.165, 1.54) is 23.0 Å². The average Bonchev–Trinajstić information content (AvgIpc) is 3.83. The molecule has 0 aliphatic carbocycles. The first kappa shape index (κ1) is 29.1. The van der Waals surface area contributed by atoms with E-state index in [-0.39, 0.29) is 24.5 Å². The number of thiazole rings is 1. The molecule has 7 rings (SSSR count). The van der Waals surface area contributed by atoms with Crippen LogP contribution in [0, 0.1) is 0 Å². The van der Waals surface area contributed by atoms with Gasteiger partial charge in [0.1, 0.15) is 11.5 Å². The fourth-order valence-electron chi connectivity index (χ4n) is 5.53. The van der Waals surface area contributed by atoms with Crippen LogP contribution in [0.15, 0.2) is 105 Å². The molecule has 0 unspecified atom stereocenters. The summed E-state index contributed by atoms with van der Waals surface area (Å²) in [7, 11) is 1.32. The van der Waals surface area contributed by atoms with Crippen molar-refractivity contribution < 1.29 is 33.0 Å². The van der Waals surface area contributed by atoms with Gasteiger partial charge >= 0.3 is 11.9 Å². The van der Waals surface area contributed by atoms with Gasteiger partial charge in [0.05, 0.1) is 41.1 Å². The molecule has 2 aliphatic heterocycles. The lowest BCUT2D eigenvalue weighted by Crippen LogP contribution is -2.40. The molecule has 46 heavy (non-hydrogen) atoms. The van der Waals surface area contributed by atoms with Crippen molar-refractivity contribution in [1.82, 2.24) is 4.57 Å². The smallest absolute Gasteiger partial charge is 0.338 e. The molecule has 0 radical (unpaired) electrons. The van der Waals surface area contributed by atoms with Crippen molar-refractivity contribution in [2.45, 2.75) is 13.0 Å². The lowest BCUT2D eigenvalue weighted by molar-refractivity contribution is -0.138. The van der Waals surface area contributed by atoms with Gasteiger partial charge in [-0.25, -0.2) is 14.6 Å². The summed E-state index contributed by atoms with van der Waals surface area (Å²) in [6, 6.07) is 24.2. The Labute approximate surface area is 266 Å². The van der Waals surface area contributed by atoms with Crippen molar-refractivity contribution in [2.24, 2.45) is 4.99 Å². The molecule has 0 N–H and O–H groups in total. The van der Waals surface area contributed by atoms with E-state index >= 15 is 0 Å². The molecular formula is C35H26N2O8S. The van der Waals surface area contributed by atoms with E-state index in [9.17, 15) is 14.4 Å². The topological polar surface area (TPSA) is 119 Å². The maximum absolute atomic E-state index is 14.2. The molecular weight excluding hydrogens is 608 g/mol. The van der Waals surface area contributed by atoms with Crippen LogP contribution in [0.4, 0.5) is 0 Å². The normalized spacial score (nSPS) is 15.3. The maximum atomic E-state index is 14.2. The number of ether oxygens (including phenoxy) is 4. The van der Waals surface area contributed by atoms with Crippen LogP contribution in [0.25, 0.3) is 23.1 Å². The second kappa shape index (κ2) is 12.0. The van der Waals surface area contributed by atoms with E-state index in [4.69, 9.17) is 28.4 Å². The minimum atomic E-state index is -0.874. The largest absolute Gasteiger partial charge is 0.465 e. The average molecular weight is 635 g/mol. The molecule has 10 nitrogen and oxygen atoms in total. The summed E-state index contributed by atoms with van der Waals surface area (Å²) in [5.41, 5.74) is 2.52. The zero-order valence-electron chi connectivity index (χ0n) is 24.7. The number of benzene rings is 3. The number of hydrogen-bond acceptors (Lipinski definition) is 10. The number of fused-ring (bicyclic) bond motifs is 2. The van der Waals surface area contributed by atoms with Gasteiger partial charge in [-0.3, -0.25) is 9.36 Å². The first-order valence-corrected chi connectivity index (χ1v) is 15.2. The number of nitrogens with zero attached hydrogens (tertiary/aromatic N) is 2. The Morgan fingerprint density at radius 3 is 2.57 bits per heavy atom. The Morgan fingerprint density at radius 1 is 0.978 bits per heavy atom. The quantitative estimate of drug-likeness (QED) is 0.236. The third kappa shape index (κ3) is 5.10. The zero-order valence-corrected chi connectivity index (χ0v) is 25.5. The third-order valence-electron chi connectivity index (χ3n) is 7.58. The predicted molar refractivity (Wildman–Crippen MR) is 169 cm³/mol. The highest BCUT2D eigenvalue weighted by Gasteiger charge is 2.36. The third-order valence-corrected chi connectivity index (χ3v) is 8.57. The number of carbonyl (C=O) groups excluding carboxylic acids is 2. The van der Waals surface area contributed by atoms with Gasteiger partial charge < -0.3 is 23.4 Å². The molecule has 2 aliphatic rings. The zero-order chi connectivity index (χ0) is 31.8. The summed E-state index contributed by atoms with van der Waals surface area (Å²) >= 11 is 1.17. The Kier molecular flexibility index (Phi) is 7.59. The molecule has 3 aromatic carbocycles. The number of esters is 2. The minimum absolute atomic E-state index is 0.0760.